The van der Waals surface area contributed by atoms with Crippen molar-refractivity contribution in [1.82, 2.24) is 10.2 Å². The molecular formula is C24H36N2O2. The predicted octanol–water partition coefficient (Wildman–Crippen LogP) is 3.62. The number of rotatable bonds is 9. The molecule has 4 heteroatoms. The topological polar surface area (TPSA) is 41.6 Å². The predicted molar refractivity (Wildman–Crippen MR) is 113 cm³/mol. The van der Waals surface area contributed by atoms with E-state index in [2.05, 4.69) is 40.5 Å². The van der Waals surface area contributed by atoms with E-state index in [4.69, 9.17) is 4.74 Å². The van der Waals surface area contributed by atoms with Gasteiger partial charge in [0.05, 0.1) is 6.61 Å². The second kappa shape index (κ2) is 8.25. The molecule has 0 unspecified atom stereocenters. The van der Waals surface area contributed by atoms with Crippen LogP contribution in [0.3, 0.4) is 0 Å². The van der Waals surface area contributed by atoms with Crippen LogP contribution in [-0.4, -0.2) is 56.6 Å². The molecule has 3 fully saturated rings. The molecule has 3 aliphatic rings. The van der Waals surface area contributed by atoms with Gasteiger partial charge in [0.15, 0.2) is 0 Å². The lowest BCUT2D eigenvalue weighted by Crippen LogP contribution is -2.53. The summed E-state index contributed by atoms with van der Waals surface area (Å²) < 4.78 is 5.64. The van der Waals surface area contributed by atoms with Gasteiger partial charge in [-0.05, 0) is 57.7 Å². The molecule has 2 saturated carbocycles. The minimum atomic E-state index is -0.0313. The van der Waals surface area contributed by atoms with Crippen LogP contribution in [0.25, 0.3) is 0 Å². The lowest BCUT2D eigenvalue weighted by atomic mass is 9.65. The summed E-state index contributed by atoms with van der Waals surface area (Å²) in [5.74, 6) is 1.07. The maximum absolute atomic E-state index is 12.1. The van der Waals surface area contributed by atoms with Crippen LogP contribution in [0.4, 0.5) is 0 Å². The zero-order chi connectivity index (χ0) is 19.6. The Morgan fingerprint density at radius 1 is 1.18 bits per heavy atom. The molecule has 1 saturated heterocycles. The molecule has 1 aromatic carbocycles. The molecule has 4 nitrogen and oxygen atoms in total. The van der Waals surface area contributed by atoms with Crippen molar-refractivity contribution in [3.63, 3.8) is 0 Å². The molecule has 1 N–H and O–H groups in total. The van der Waals surface area contributed by atoms with Gasteiger partial charge in [0.25, 0.3) is 0 Å². The number of Topliss-reactive ketones (excluding diaryl/α,β-unsaturated/α-hetero) is 1. The van der Waals surface area contributed by atoms with E-state index < -0.39 is 0 Å². The third-order valence-corrected chi connectivity index (χ3v) is 7.71. The van der Waals surface area contributed by atoms with Gasteiger partial charge in [-0.3, -0.25) is 4.79 Å². The van der Waals surface area contributed by atoms with Gasteiger partial charge in [0.1, 0.15) is 5.78 Å². The lowest BCUT2D eigenvalue weighted by Gasteiger charge is -2.47. The van der Waals surface area contributed by atoms with Crippen LogP contribution in [0, 0.1) is 10.8 Å². The Bertz CT molecular complexity index is 662. The molecule has 0 bridgehead atoms. The van der Waals surface area contributed by atoms with E-state index in [1.807, 2.05) is 7.11 Å². The Morgan fingerprint density at radius 3 is 2.46 bits per heavy atom. The highest BCUT2D eigenvalue weighted by molar-refractivity contribution is 5.83. The van der Waals surface area contributed by atoms with Crippen molar-refractivity contribution in [2.75, 3.05) is 39.9 Å². The van der Waals surface area contributed by atoms with E-state index in [1.54, 1.807) is 6.92 Å². The SMILES string of the molecule is COCC1(CN[C@@H]2C[C@H]2c2ccccc2)CCN(CC2(C(C)=O)CCC2)CC1. The van der Waals surface area contributed by atoms with E-state index in [1.165, 1.54) is 18.4 Å². The fraction of sp³-hybridized carbons (Fsp3) is 0.708. The summed E-state index contributed by atoms with van der Waals surface area (Å²) in [6.45, 7) is 6.81. The average molecular weight is 385 g/mol. The number of likely N-dealkylation sites (tertiary alicyclic amines) is 1. The second-order valence-corrected chi connectivity index (χ2v) is 9.64. The standard InChI is InChI=1S/C24H36N2O2/c1-19(27)24(9-6-10-24)17-26-13-11-23(12-14-26,18-28-2)16-25-22-15-21(22)20-7-4-3-5-8-20/h3-5,7-8,21-22,25H,6,9-18H2,1-2H3/t21-,22+/m0/s1. The lowest BCUT2D eigenvalue weighted by molar-refractivity contribution is -0.133. The number of piperidine rings is 1. The Balaban J connectivity index is 1.28. The first kappa shape index (κ1) is 20.1. The summed E-state index contributed by atoms with van der Waals surface area (Å²) >= 11 is 0. The van der Waals surface area contributed by atoms with E-state index in [9.17, 15) is 4.79 Å². The number of benzene rings is 1. The number of carbonyl (C=O) groups excluding carboxylic acids is 1. The van der Waals surface area contributed by atoms with Crippen LogP contribution in [0.2, 0.25) is 0 Å². The molecule has 2 aliphatic carbocycles. The fourth-order valence-corrected chi connectivity index (χ4v) is 5.35. The number of nitrogens with one attached hydrogen (secondary N) is 1. The van der Waals surface area contributed by atoms with E-state index in [0.29, 0.717) is 17.7 Å². The Hall–Kier alpha value is -1.23. The van der Waals surface area contributed by atoms with Crippen molar-refractivity contribution in [3.05, 3.63) is 35.9 Å². The molecule has 0 radical (unpaired) electrons. The number of nitrogens with zero attached hydrogens (tertiary/aromatic N) is 1. The number of methoxy groups -OCH3 is 1. The molecule has 0 spiro atoms. The van der Waals surface area contributed by atoms with Crippen molar-refractivity contribution in [1.29, 1.82) is 0 Å². The summed E-state index contributed by atoms with van der Waals surface area (Å²) in [6, 6.07) is 11.5. The first-order valence-corrected chi connectivity index (χ1v) is 11.1. The Kier molecular flexibility index (Phi) is 5.91. The molecule has 1 heterocycles. The minimum Gasteiger partial charge on any atom is -0.384 e. The molecule has 1 aromatic rings. The zero-order valence-electron chi connectivity index (χ0n) is 17.6. The van der Waals surface area contributed by atoms with Crippen molar-refractivity contribution in [2.45, 2.75) is 57.4 Å². The Morgan fingerprint density at radius 2 is 1.89 bits per heavy atom. The highest BCUT2D eigenvalue weighted by Crippen LogP contribution is 2.44. The molecule has 1 aliphatic heterocycles. The summed E-state index contributed by atoms with van der Waals surface area (Å²) in [5, 5.41) is 3.85. The first-order chi connectivity index (χ1) is 13.6. The second-order valence-electron chi connectivity index (χ2n) is 9.64. The van der Waals surface area contributed by atoms with Crippen molar-refractivity contribution >= 4 is 5.78 Å². The van der Waals surface area contributed by atoms with Gasteiger partial charge in [-0.2, -0.15) is 0 Å². The number of ketones is 1. The molecule has 0 aromatic heterocycles. The van der Waals surface area contributed by atoms with Crippen LogP contribution >= 0.6 is 0 Å². The van der Waals surface area contributed by atoms with Gasteiger partial charge in [-0.1, -0.05) is 36.8 Å². The van der Waals surface area contributed by atoms with Gasteiger partial charge < -0.3 is 15.0 Å². The number of hydrogen-bond donors (Lipinski definition) is 1. The van der Waals surface area contributed by atoms with Gasteiger partial charge in [-0.25, -0.2) is 0 Å². The molecule has 2 atom stereocenters. The van der Waals surface area contributed by atoms with Gasteiger partial charge in [-0.15, -0.1) is 0 Å². The van der Waals surface area contributed by atoms with Gasteiger partial charge >= 0.3 is 0 Å². The van der Waals surface area contributed by atoms with Crippen molar-refractivity contribution in [2.24, 2.45) is 10.8 Å². The molecule has 4 rings (SSSR count). The monoisotopic (exact) mass is 384 g/mol. The quantitative estimate of drug-likeness (QED) is 0.706. The third-order valence-electron chi connectivity index (χ3n) is 7.71. The van der Waals surface area contributed by atoms with Crippen LogP contribution in [0.1, 0.15) is 56.9 Å². The third kappa shape index (κ3) is 4.19. The van der Waals surface area contributed by atoms with Crippen molar-refractivity contribution in [3.8, 4) is 0 Å². The zero-order valence-corrected chi connectivity index (χ0v) is 17.6. The minimum absolute atomic E-state index is 0.0313. The van der Waals surface area contributed by atoms with Crippen LogP contribution < -0.4 is 5.32 Å². The first-order valence-electron chi connectivity index (χ1n) is 11.1. The van der Waals surface area contributed by atoms with Crippen molar-refractivity contribution < 1.29 is 9.53 Å². The largest absolute Gasteiger partial charge is 0.384 e. The number of hydrogen-bond acceptors (Lipinski definition) is 4. The van der Waals surface area contributed by atoms with E-state index in [0.717, 1.165) is 58.5 Å². The van der Waals surface area contributed by atoms with Crippen LogP contribution in [0.5, 0.6) is 0 Å². The molecule has 28 heavy (non-hydrogen) atoms. The number of ether oxygens (including phenoxy) is 1. The highest BCUT2D eigenvalue weighted by Gasteiger charge is 2.45. The van der Waals surface area contributed by atoms with E-state index in [-0.39, 0.29) is 10.8 Å². The normalized spacial score (nSPS) is 28.5. The van der Waals surface area contributed by atoms with Gasteiger partial charge in [0, 0.05) is 43.0 Å². The summed E-state index contributed by atoms with van der Waals surface area (Å²) in [7, 11) is 1.83. The molecule has 154 valence electrons. The maximum Gasteiger partial charge on any atom is 0.137 e. The number of carbonyl (C=O) groups is 1. The Labute approximate surface area is 170 Å². The summed E-state index contributed by atoms with van der Waals surface area (Å²) in [6.07, 6.45) is 6.96. The molecular weight excluding hydrogens is 348 g/mol. The van der Waals surface area contributed by atoms with Gasteiger partial charge in [0.2, 0.25) is 0 Å². The highest BCUT2D eigenvalue weighted by atomic mass is 16.5. The summed E-state index contributed by atoms with van der Waals surface area (Å²) in [5.41, 5.74) is 1.67. The smallest absolute Gasteiger partial charge is 0.137 e. The van der Waals surface area contributed by atoms with Crippen LogP contribution in [0.15, 0.2) is 30.3 Å². The molecule has 0 amide bonds. The average Bonchev–Trinajstić information content (AvgIpc) is 3.45. The summed E-state index contributed by atoms with van der Waals surface area (Å²) in [4.78, 5) is 14.7. The fourth-order valence-electron chi connectivity index (χ4n) is 5.35. The van der Waals surface area contributed by atoms with Crippen LogP contribution in [-0.2, 0) is 9.53 Å². The van der Waals surface area contributed by atoms with E-state index >= 15 is 0 Å². The maximum atomic E-state index is 12.1.